The number of hydrogen-bond acceptors (Lipinski definition) is 3. The van der Waals surface area contributed by atoms with Gasteiger partial charge in [-0.1, -0.05) is 56.1 Å². The quantitative estimate of drug-likeness (QED) is 0.581. The van der Waals surface area contributed by atoms with E-state index in [4.69, 9.17) is 0 Å². The molecule has 0 radical (unpaired) electrons. The van der Waals surface area contributed by atoms with Gasteiger partial charge in [0.25, 0.3) is 11.1 Å². The number of nitrogens with zero attached hydrogens (tertiary/aromatic N) is 1. The molecule has 0 saturated carbocycles. The Morgan fingerprint density at radius 2 is 1.70 bits per heavy atom. The number of benzene rings is 2. The number of halogens is 2. The van der Waals surface area contributed by atoms with Crippen LogP contribution in [0.3, 0.4) is 0 Å². The van der Waals surface area contributed by atoms with Gasteiger partial charge in [0.2, 0.25) is 0 Å². The maximum atomic E-state index is 12.5. The van der Waals surface area contributed by atoms with E-state index in [0.717, 1.165) is 31.8 Å². The summed E-state index contributed by atoms with van der Waals surface area (Å²) in [6, 6.07) is 15.2. The average molecular weight is 453 g/mol. The third-order valence-corrected chi connectivity index (χ3v) is 5.14. The Hall–Kier alpha value is -1.37. The van der Waals surface area contributed by atoms with Gasteiger partial charge in [0.05, 0.1) is 11.4 Å². The fraction of sp³-hybridized carbons (Fsp3) is 0.0588. The predicted octanol–water partition coefficient (Wildman–Crippen LogP) is 5.45. The molecule has 1 aliphatic rings. The average Bonchev–Trinajstić information content (AvgIpc) is 2.75. The van der Waals surface area contributed by atoms with Gasteiger partial charge in [-0.05, 0) is 53.2 Å². The standard InChI is InChI=1S/C17H11Br2NO2S/c18-13-5-1-3-11(7-13)9-15-16(21)20(17(22)23-15)10-12-4-2-6-14(19)8-12/h1-9H,10H2/b15-9+. The molecule has 116 valence electrons. The van der Waals surface area contributed by atoms with Crippen LogP contribution in [0.2, 0.25) is 0 Å². The van der Waals surface area contributed by atoms with Crippen LogP contribution in [-0.2, 0) is 11.3 Å². The highest BCUT2D eigenvalue weighted by molar-refractivity contribution is 9.10. The zero-order valence-corrected chi connectivity index (χ0v) is 15.8. The Morgan fingerprint density at radius 3 is 2.39 bits per heavy atom. The molecule has 2 amide bonds. The highest BCUT2D eigenvalue weighted by Gasteiger charge is 2.34. The third-order valence-electron chi connectivity index (χ3n) is 3.25. The smallest absolute Gasteiger partial charge is 0.268 e. The molecule has 0 bridgehead atoms. The Balaban J connectivity index is 1.82. The molecule has 0 atom stereocenters. The van der Waals surface area contributed by atoms with E-state index < -0.39 is 0 Å². The number of hydrogen-bond donors (Lipinski definition) is 0. The van der Waals surface area contributed by atoms with Gasteiger partial charge >= 0.3 is 0 Å². The summed E-state index contributed by atoms with van der Waals surface area (Å²) in [5.41, 5.74) is 1.79. The van der Waals surface area contributed by atoms with Crippen LogP contribution in [0.15, 0.2) is 62.4 Å². The van der Waals surface area contributed by atoms with Crippen molar-refractivity contribution in [3.05, 3.63) is 73.5 Å². The normalized spacial score (nSPS) is 16.4. The fourth-order valence-electron chi connectivity index (χ4n) is 2.20. The summed E-state index contributed by atoms with van der Waals surface area (Å²) >= 11 is 7.77. The minimum atomic E-state index is -0.250. The lowest BCUT2D eigenvalue weighted by Gasteiger charge is -2.12. The van der Waals surface area contributed by atoms with Crippen LogP contribution in [0, 0.1) is 0 Å². The molecule has 1 heterocycles. The van der Waals surface area contributed by atoms with E-state index >= 15 is 0 Å². The van der Waals surface area contributed by atoms with Crippen molar-refractivity contribution in [2.24, 2.45) is 0 Å². The zero-order chi connectivity index (χ0) is 16.4. The number of thioether (sulfide) groups is 1. The molecule has 0 spiro atoms. The first-order valence-corrected chi connectivity index (χ1v) is 9.18. The lowest BCUT2D eigenvalue weighted by molar-refractivity contribution is -0.123. The molecule has 6 heteroatoms. The molecule has 1 aliphatic heterocycles. The lowest BCUT2D eigenvalue weighted by Crippen LogP contribution is -2.27. The van der Waals surface area contributed by atoms with Crippen LogP contribution in [0.5, 0.6) is 0 Å². The van der Waals surface area contributed by atoms with Crippen molar-refractivity contribution in [3.8, 4) is 0 Å². The minimum absolute atomic E-state index is 0.240. The number of carbonyl (C=O) groups excluding carboxylic acids is 2. The van der Waals surface area contributed by atoms with Crippen molar-refractivity contribution < 1.29 is 9.59 Å². The molecule has 0 aromatic heterocycles. The zero-order valence-electron chi connectivity index (χ0n) is 11.8. The molecule has 0 aliphatic carbocycles. The summed E-state index contributed by atoms with van der Waals surface area (Å²) in [5.74, 6) is -0.250. The predicted molar refractivity (Wildman–Crippen MR) is 99.8 cm³/mol. The number of carbonyl (C=O) groups is 2. The summed E-state index contributed by atoms with van der Waals surface area (Å²) in [6.07, 6.45) is 1.75. The lowest BCUT2D eigenvalue weighted by atomic mass is 10.2. The van der Waals surface area contributed by atoms with Crippen molar-refractivity contribution in [1.82, 2.24) is 4.90 Å². The highest BCUT2D eigenvalue weighted by Crippen LogP contribution is 2.33. The molecule has 1 fully saturated rings. The number of amides is 2. The van der Waals surface area contributed by atoms with Crippen molar-refractivity contribution >= 4 is 60.8 Å². The Labute approximate surface area is 155 Å². The molecule has 0 N–H and O–H groups in total. The molecular formula is C17H11Br2NO2S. The number of imide groups is 1. The molecule has 3 nitrogen and oxygen atoms in total. The Morgan fingerprint density at radius 1 is 1.00 bits per heavy atom. The van der Waals surface area contributed by atoms with E-state index in [9.17, 15) is 9.59 Å². The first kappa shape index (κ1) is 16.5. The van der Waals surface area contributed by atoms with E-state index in [1.807, 2.05) is 48.5 Å². The summed E-state index contributed by atoms with van der Waals surface area (Å²) in [5, 5.41) is -0.240. The van der Waals surface area contributed by atoms with Crippen molar-refractivity contribution in [3.63, 3.8) is 0 Å². The van der Waals surface area contributed by atoms with Crippen LogP contribution >= 0.6 is 43.6 Å². The van der Waals surface area contributed by atoms with Crippen LogP contribution in [0.1, 0.15) is 11.1 Å². The van der Waals surface area contributed by atoms with E-state index in [0.29, 0.717) is 4.91 Å². The van der Waals surface area contributed by atoms with Gasteiger partial charge in [0.15, 0.2) is 0 Å². The Bertz CT molecular complexity index is 820. The second-order valence-corrected chi connectivity index (χ2v) is 7.78. The largest absolute Gasteiger partial charge is 0.293 e. The molecule has 3 rings (SSSR count). The highest BCUT2D eigenvalue weighted by atomic mass is 79.9. The van der Waals surface area contributed by atoms with E-state index in [1.54, 1.807) is 6.08 Å². The summed E-state index contributed by atoms with van der Waals surface area (Å²) in [7, 11) is 0. The van der Waals surface area contributed by atoms with E-state index in [2.05, 4.69) is 31.9 Å². The first-order chi connectivity index (χ1) is 11.0. The fourth-order valence-corrected chi connectivity index (χ4v) is 3.90. The summed E-state index contributed by atoms with van der Waals surface area (Å²) < 4.78 is 1.85. The van der Waals surface area contributed by atoms with Crippen LogP contribution in [0.4, 0.5) is 4.79 Å². The third kappa shape index (κ3) is 3.94. The Kier molecular flexibility index (Phi) is 5.04. The summed E-state index contributed by atoms with van der Waals surface area (Å²) in [6.45, 7) is 0.278. The molecule has 2 aromatic carbocycles. The van der Waals surface area contributed by atoms with Crippen LogP contribution < -0.4 is 0 Å². The summed E-state index contributed by atoms with van der Waals surface area (Å²) in [4.78, 5) is 26.4. The molecule has 0 unspecified atom stereocenters. The van der Waals surface area contributed by atoms with Gasteiger partial charge in [-0.3, -0.25) is 14.5 Å². The second kappa shape index (κ2) is 7.03. The van der Waals surface area contributed by atoms with Gasteiger partial charge in [-0.2, -0.15) is 0 Å². The van der Waals surface area contributed by atoms with Crippen LogP contribution in [-0.4, -0.2) is 16.0 Å². The van der Waals surface area contributed by atoms with Gasteiger partial charge in [0.1, 0.15) is 0 Å². The van der Waals surface area contributed by atoms with Gasteiger partial charge in [-0.25, -0.2) is 0 Å². The van der Waals surface area contributed by atoms with Crippen molar-refractivity contribution in [2.75, 3.05) is 0 Å². The monoisotopic (exact) mass is 451 g/mol. The maximum Gasteiger partial charge on any atom is 0.293 e. The molecule has 23 heavy (non-hydrogen) atoms. The first-order valence-electron chi connectivity index (χ1n) is 6.78. The van der Waals surface area contributed by atoms with Gasteiger partial charge in [-0.15, -0.1) is 0 Å². The molecule has 1 saturated heterocycles. The van der Waals surface area contributed by atoms with Crippen LogP contribution in [0.25, 0.3) is 6.08 Å². The van der Waals surface area contributed by atoms with E-state index in [-0.39, 0.29) is 17.7 Å². The number of rotatable bonds is 3. The van der Waals surface area contributed by atoms with Gasteiger partial charge in [0, 0.05) is 8.95 Å². The van der Waals surface area contributed by atoms with Crippen molar-refractivity contribution in [2.45, 2.75) is 6.54 Å². The molecule has 2 aromatic rings. The maximum absolute atomic E-state index is 12.5. The molecular weight excluding hydrogens is 442 g/mol. The topological polar surface area (TPSA) is 37.4 Å². The second-order valence-electron chi connectivity index (χ2n) is 4.95. The van der Waals surface area contributed by atoms with Crippen molar-refractivity contribution in [1.29, 1.82) is 0 Å². The minimum Gasteiger partial charge on any atom is -0.268 e. The SMILES string of the molecule is O=C1S/C(=C/c2cccc(Br)c2)C(=O)N1Cc1cccc(Br)c1. The van der Waals surface area contributed by atoms with Gasteiger partial charge < -0.3 is 0 Å². The van der Waals surface area contributed by atoms with E-state index in [1.165, 1.54) is 4.90 Å².